The lowest BCUT2D eigenvalue weighted by atomic mass is 10.0. The van der Waals surface area contributed by atoms with Crippen molar-refractivity contribution in [2.24, 2.45) is 0 Å². The van der Waals surface area contributed by atoms with Crippen LogP contribution in [-0.4, -0.2) is 17.9 Å². The Hall–Kier alpha value is -1.02. The minimum atomic E-state index is -0.0955. The first-order valence-corrected chi connectivity index (χ1v) is 5.42. The van der Waals surface area contributed by atoms with Gasteiger partial charge in [0.2, 0.25) is 0 Å². The topological polar surface area (TPSA) is 20.3 Å². The second-order valence-corrected chi connectivity index (χ2v) is 5.03. The molecule has 1 aliphatic heterocycles. The maximum Gasteiger partial charge on any atom is 0.154 e. The van der Waals surface area contributed by atoms with Crippen molar-refractivity contribution in [2.45, 2.75) is 25.8 Å². The first-order valence-electron chi connectivity index (χ1n) is 5.04. The molecule has 15 heavy (non-hydrogen) atoms. The van der Waals surface area contributed by atoms with Crippen LogP contribution in [0, 0.1) is 0 Å². The average Bonchev–Trinajstić information content (AvgIpc) is 2.39. The van der Waals surface area contributed by atoms with E-state index in [-0.39, 0.29) is 5.54 Å². The molecule has 0 bridgehead atoms. The maximum absolute atomic E-state index is 11.5. The van der Waals surface area contributed by atoms with E-state index in [1.807, 2.05) is 24.3 Å². The Labute approximate surface area is 94.8 Å². The van der Waals surface area contributed by atoms with Gasteiger partial charge < -0.3 is 4.90 Å². The Morgan fingerprint density at radius 3 is 2.67 bits per heavy atom. The number of carbonyl (C=O) groups excluding carboxylic acids is 1. The summed E-state index contributed by atoms with van der Waals surface area (Å²) in [6.45, 7) is 4.66. The van der Waals surface area contributed by atoms with E-state index in [1.54, 1.807) is 0 Å². The average molecular weight is 224 g/mol. The molecule has 3 heteroatoms. The van der Waals surface area contributed by atoms with Crippen molar-refractivity contribution in [3.8, 4) is 0 Å². The van der Waals surface area contributed by atoms with Crippen LogP contribution < -0.4 is 4.90 Å². The molecule has 1 aromatic rings. The monoisotopic (exact) mass is 223 g/mol. The molecular formula is C12H14ClNO. The summed E-state index contributed by atoms with van der Waals surface area (Å²) < 4.78 is 0. The summed E-state index contributed by atoms with van der Waals surface area (Å²) in [5, 5.41) is 0.711. The van der Waals surface area contributed by atoms with Gasteiger partial charge in [-0.2, -0.15) is 0 Å². The largest absolute Gasteiger partial charge is 0.359 e. The van der Waals surface area contributed by atoms with Gasteiger partial charge in [0.25, 0.3) is 0 Å². The van der Waals surface area contributed by atoms with Crippen molar-refractivity contribution >= 4 is 23.1 Å². The molecule has 1 heterocycles. The summed E-state index contributed by atoms with van der Waals surface area (Å²) in [4.78, 5) is 13.6. The predicted molar refractivity (Wildman–Crippen MR) is 62.5 cm³/mol. The number of nitrogens with zero attached hydrogens (tertiary/aromatic N) is 1. The highest BCUT2D eigenvalue weighted by atomic mass is 35.5. The van der Waals surface area contributed by atoms with Gasteiger partial charge in [0.1, 0.15) is 0 Å². The highest BCUT2D eigenvalue weighted by molar-refractivity contribution is 6.30. The molecular weight excluding hydrogens is 210 g/mol. The smallest absolute Gasteiger partial charge is 0.154 e. The van der Waals surface area contributed by atoms with Crippen LogP contribution in [0.1, 0.15) is 20.3 Å². The van der Waals surface area contributed by atoms with Crippen LogP contribution in [0.25, 0.3) is 0 Å². The summed E-state index contributed by atoms with van der Waals surface area (Å²) in [6.07, 6.45) is 0.611. The van der Waals surface area contributed by atoms with Gasteiger partial charge in [-0.1, -0.05) is 17.7 Å². The third kappa shape index (κ3) is 2.00. The van der Waals surface area contributed by atoms with Gasteiger partial charge >= 0.3 is 0 Å². The van der Waals surface area contributed by atoms with E-state index in [0.29, 0.717) is 23.8 Å². The number of rotatable bonds is 1. The lowest BCUT2D eigenvalue weighted by molar-refractivity contribution is -0.116. The van der Waals surface area contributed by atoms with Crippen LogP contribution in [0.5, 0.6) is 0 Å². The van der Waals surface area contributed by atoms with E-state index in [1.165, 1.54) is 0 Å². The molecule has 0 spiro atoms. The summed E-state index contributed by atoms with van der Waals surface area (Å²) in [5.74, 6) is 0.292. The van der Waals surface area contributed by atoms with Crippen LogP contribution in [0.15, 0.2) is 24.3 Å². The molecule has 0 unspecified atom stereocenters. The third-order valence-electron chi connectivity index (χ3n) is 2.81. The summed E-state index contributed by atoms with van der Waals surface area (Å²) in [6, 6.07) is 7.65. The number of carbonyl (C=O) groups is 1. The normalized spacial score (nSPS) is 19.7. The fourth-order valence-corrected chi connectivity index (χ4v) is 2.29. The van der Waals surface area contributed by atoms with E-state index in [2.05, 4.69) is 18.7 Å². The van der Waals surface area contributed by atoms with Crippen molar-refractivity contribution in [1.29, 1.82) is 0 Å². The van der Waals surface area contributed by atoms with Crippen LogP contribution in [0.3, 0.4) is 0 Å². The van der Waals surface area contributed by atoms with Gasteiger partial charge in [0.05, 0.1) is 6.54 Å². The number of anilines is 1. The standard InChI is InChI=1S/C12H14ClNO/c1-12(2)7-11(15)8-14(12)10-5-3-4-9(13)6-10/h3-6H,7-8H2,1-2H3. The number of benzene rings is 1. The van der Waals surface area contributed by atoms with Gasteiger partial charge in [-0.3, -0.25) is 4.79 Å². The molecule has 0 radical (unpaired) electrons. The highest BCUT2D eigenvalue weighted by Gasteiger charge is 2.37. The minimum Gasteiger partial charge on any atom is -0.359 e. The molecule has 1 saturated heterocycles. The lowest BCUT2D eigenvalue weighted by Gasteiger charge is -2.32. The molecule has 0 aliphatic carbocycles. The molecule has 0 saturated carbocycles. The second-order valence-electron chi connectivity index (χ2n) is 4.59. The van der Waals surface area contributed by atoms with Gasteiger partial charge in [0.15, 0.2) is 5.78 Å². The van der Waals surface area contributed by atoms with Crippen LogP contribution >= 0.6 is 11.6 Å². The number of halogens is 1. The molecule has 0 amide bonds. The van der Waals surface area contributed by atoms with E-state index in [9.17, 15) is 4.79 Å². The molecule has 0 atom stereocenters. The minimum absolute atomic E-state index is 0.0955. The molecule has 1 aromatic carbocycles. The van der Waals surface area contributed by atoms with Gasteiger partial charge in [-0.25, -0.2) is 0 Å². The number of hydrogen-bond acceptors (Lipinski definition) is 2. The summed E-state index contributed by atoms with van der Waals surface area (Å²) >= 11 is 5.94. The zero-order chi connectivity index (χ0) is 11.1. The molecule has 0 N–H and O–H groups in total. The molecule has 1 aliphatic rings. The van der Waals surface area contributed by atoms with Gasteiger partial charge in [0, 0.05) is 22.7 Å². The first kappa shape index (κ1) is 10.5. The quantitative estimate of drug-likeness (QED) is 0.730. The second kappa shape index (κ2) is 3.53. The van der Waals surface area contributed by atoms with Gasteiger partial charge in [-0.05, 0) is 32.0 Å². The van der Waals surface area contributed by atoms with Crippen LogP contribution in [-0.2, 0) is 4.79 Å². The van der Waals surface area contributed by atoms with Crippen molar-refractivity contribution < 1.29 is 4.79 Å². The van der Waals surface area contributed by atoms with E-state index in [4.69, 9.17) is 11.6 Å². The lowest BCUT2D eigenvalue weighted by Crippen LogP contribution is -2.38. The fourth-order valence-electron chi connectivity index (χ4n) is 2.11. The number of Topliss-reactive ketones (excluding diaryl/α,β-unsaturated/α-hetero) is 1. The Morgan fingerprint density at radius 1 is 1.40 bits per heavy atom. The SMILES string of the molecule is CC1(C)CC(=O)CN1c1cccc(Cl)c1. The van der Waals surface area contributed by atoms with Crippen LogP contribution in [0.4, 0.5) is 5.69 Å². The molecule has 80 valence electrons. The number of ketones is 1. The van der Waals surface area contributed by atoms with Gasteiger partial charge in [-0.15, -0.1) is 0 Å². The molecule has 2 rings (SSSR count). The maximum atomic E-state index is 11.5. The van der Waals surface area contributed by atoms with Crippen molar-refractivity contribution in [3.05, 3.63) is 29.3 Å². The third-order valence-corrected chi connectivity index (χ3v) is 3.05. The van der Waals surface area contributed by atoms with E-state index in [0.717, 1.165) is 5.69 Å². The highest BCUT2D eigenvalue weighted by Crippen LogP contribution is 2.32. The van der Waals surface area contributed by atoms with Crippen molar-refractivity contribution in [2.75, 3.05) is 11.4 Å². The molecule has 1 fully saturated rings. The Kier molecular flexibility index (Phi) is 2.47. The van der Waals surface area contributed by atoms with Crippen molar-refractivity contribution in [1.82, 2.24) is 0 Å². The van der Waals surface area contributed by atoms with Crippen molar-refractivity contribution in [3.63, 3.8) is 0 Å². The zero-order valence-corrected chi connectivity index (χ0v) is 9.71. The fraction of sp³-hybridized carbons (Fsp3) is 0.417. The molecule has 2 nitrogen and oxygen atoms in total. The Bertz CT molecular complexity index is 400. The summed E-state index contributed by atoms with van der Waals surface area (Å²) in [7, 11) is 0. The van der Waals surface area contributed by atoms with E-state index < -0.39 is 0 Å². The number of hydrogen-bond donors (Lipinski definition) is 0. The first-order chi connectivity index (χ1) is 6.99. The van der Waals surface area contributed by atoms with E-state index >= 15 is 0 Å². The zero-order valence-electron chi connectivity index (χ0n) is 8.96. The van der Waals surface area contributed by atoms with Crippen LogP contribution in [0.2, 0.25) is 5.02 Å². The Balaban J connectivity index is 2.35. The predicted octanol–water partition coefficient (Wildman–Crippen LogP) is 2.90. The molecule has 0 aromatic heterocycles. The summed E-state index contributed by atoms with van der Waals surface area (Å²) in [5.41, 5.74) is 0.931. The Morgan fingerprint density at radius 2 is 2.13 bits per heavy atom.